The monoisotopic (exact) mass is 251 g/mol. The van der Waals surface area contributed by atoms with E-state index < -0.39 is 0 Å². The normalized spacial score (nSPS) is 13.1. The summed E-state index contributed by atoms with van der Waals surface area (Å²) in [5.41, 5.74) is 0.607. The van der Waals surface area contributed by atoms with Gasteiger partial charge in [-0.2, -0.15) is 0 Å². The SMILES string of the molecule is CCN(CCO)CC(=O)c1ccc2c(c1)OCO2. The van der Waals surface area contributed by atoms with E-state index in [9.17, 15) is 4.79 Å². The molecule has 0 fully saturated rings. The van der Waals surface area contributed by atoms with E-state index in [2.05, 4.69) is 0 Å². The summed E-state index contributed by atoms with van der Waals surface area (Å²) in [6.45, 7) is 3.77. The highest BCUT2D eigenvalue weighted by Gasteiger charge is 2.17. The summed E-state index contributed by atoms with van der Waals surface area (Å²) in [6.07, 6.45) is 0. The summed E-state index contributed by atoms with van der Waals surface area (Å²) in [7, 11) is 0. The number of rotatable bonds is 6. The molecule has 1 N–H and O–H groups in total. The van der Waals surface area contributed by atoms with Crippen LogP contribution in [0.2, 0.25) is 0 Å². The number of hydrogen-bond donors (Lipinski definition) is 1. The van der Waals surface area contributed by atoms with Crippen LogP contribution in [0.4, 0.5) is 0 Å². The topological polar surface area (TPSA) is 59.0 Å². The van der Waals surface area contributed by atoms with Gasteiger partial charge in [0, 0.05) is 12.1 Å². The molecule has 1 heterocycles. The minimum atomic E-state index is 0.0172. The Morgan fingerprint density at radius 3 is 2.89 bits per heavy atom. The molecule has 1 aliphatic heterocycles. The number of aliphatic hydroxyl groups is 1. The van der Waals surface area contributed by atoms with E-state index in [4.69, 9.17) is 14.6 Å². The zero-order chi connectivity index (χ0) is 13.0. The Bertz CT molecular complexity index is 433. The molecule has 0 unspecified atom stereocenters. The van der Waals surface area contributed by atoms with Gasteiger partial charge in [0.05, 0.1) is 13.2 Å². The van der Waals surface area contributed by atoms with Gasteiger partial charge < -0.3 is 14.6 Å². The Hall–Kier alpha value is -1.59. The molecule has 1 aromatic rings. The molecule has 0 spiro atoms. The van der Waals surface area contributed by atoms with Crippen molar-refractivity contribution in [1.82, 2.24) is 4.90 Å². The van der Waals surface area contributed by atoms with Crippen molar-refractivity contribution >= 4 is 5.78 Å². The number of ketones is 1. The molecule has 18 heavy (non-hydrogen) atoms. The molecule has 5 nitrogen and oxygen atoms in total. The second kappa shape index (κ2) is 5.84. The highest BCUT2D eigenvalue weighted by Crippen LogP contribution is 2.32. The van der Waals surface area contributed by atoms with Crippen molar-refractivity contribution < 1.29 is 19.4 Å². The van der Waals surface area contributed by atoms with E-state index in [0.717, 1.165) is 6.54 Å². The van der Waals surface area contributed by atoms with Gasteiger partial charge in [0.25, 0.3) is 0 Å². The lowest BCUT2D eigenvalue weighted by atomic mass is 10.1. The summed E-state index contributed by atoms with van der Waals surface area (Å²) < 4.78 is 10.4. The van der Waals surface area contributed by atoms with Crippen molar-refractivity contribution in [3.8, 4) is 11.5 Å². The molecule has 5 heteroatoms. The fourth-order valence-corrected chi connectivity index (χ4v) is 1.85. The number of carbonyl (C=O) groups is 1. The third-order valence-electron chi connectivity index (χ3n) is 2.93. The van der Waals surface area contributed by atoms with Gasteiger partial charge in [-0.1, -0.05) is 6.92 Å². The van der Waals surface area contributed by atoms with Crippen LogP contribution in [0.1, 0.15) is 17.3 Å². The van der Waals surface area contributed by atoms with Gasteiger partial charge >= 0.3 is 0 Å². The summed E-state index contributed by atoms with van der Waals surface area (Å²) in [5.74, 6) is 1.31. The number of aliphatic hydroxyl groups excluding tert-OH is 1. The fraction of sp³-hybridized carbons (Fsp3) is 0.462. The maximum Gasteiger partial charge on any atom is 0.231 e. The van der Waals surface area contributed by atoms with Gasteiger partial charge in [-0.3, -0.25) is 9.69 Å². The van der Waals surface area contributed by atoms with Crippen LogP contribution in [0.5, 0.6) is 11.5 Å². The molecule has 0 atom stereocenters. The molecule has 0 amide bonds. The van der Waals surface area contributed by atoms with E-state index in [1.807, 2.05) is 11.8 Å². The number of likely N-dealkylation sites (N-methyl/N-ethyl adjacent to an activating group) is 1. The summed E-state index contributed by atoms with van der Waals surface area (Å²) in [4.78, 5) is 14.0. The Morgan fingerprint density at radius 1 is 1.39 bits per heavy atom. The van der Waals surface area contributed by atoms with E-state index >= 15 is 0 Å². The molecule has 0 saturated heterocycles. The van der Waals surface area contributed by atoms with Crippen LogP contribution < -0.4 is 9.47 Å². The molecule has 1 aliphatic rings. The quantitative estimate of drug-likeness (QED) is 0.762. The number of carbonyl (C=O) groups excluding carboxylic acids is 1. The fourth-order valence-electron chi connectivity index (χ4n) is 1.85. The van der Waals surface area contributed by atoms with Gasteiger partial charge in [0.1, 0.15) is 0 Å². The van der Waals surface area contributed by atoms with Crippen molar-refractivity contribution in [2.75, 3.05) is 33.0 Å². The third-order valence-corrected chi connectivity index (χ3v) is 2.93. The largest absolute Gasteiger partial charge is 0.454 e. The predicted octanol–water partition coefficient (Wildman–Crippen LogP) is 0.912. The highest BCUT2D eigenvalue weighted by atomic mass is 16.7. The third kappa shape index (κ3) is 2.80. The van der Waals surface area contributed by atoms with Crippen LogP contribution in [0, 0.1) is 0 Å². The molecular formula is C13H17NO4. The Kier molecular flexibility index (Phi) is 4.17. The van der Waals surface area contributed by atoms with E-state index in [-0.39, 0.29) is 19.2 Å². The smallest absolute Gasteiger partial charge is 0.231 e. The van der Waals surface area contributed by atoms with E-state index in [1.54, 1.807) is 18.2 Å². The van der Waals surface area contributed by atoms with Gasteiger partial charge in [0.2, 0.25) is 6.79 Å². The molecule has 0 aliphatic carbocycles. The second-order valence-electron chi connectivity index (χ2n) is 4.08. The van der Waals surface area contributed by atoms with Crippen molar-refractivity contribution in [3.05, 3.63) is 23.8 Å². The van der Waals surface area contributed by atoms with Gasteiger partial charge in [-0.05, 0) is 24.7 Å². The predicted molar refractivity (Wildman–Crippen MR) is 66.1 cm³/mol. The first-order chi connectivity index (χ1) is 8.74. The van der Waals surface area contributed by atoms with Crippen LogP contribution in [0.25, 0.3) is 0 Å². The molecule has 0 bridgehead atoms. The lowest BCUT2D eigenvalue weighted by Crippen LogP contribution is -2.32. The van der Waals surface area contributed by atoms with Gasteiger partial charge in [-0.25, -0.2) is 0 Å². The average molecular weight is 251 g/mol. The number of nitrogens with zero attached hydrogens (tertiary/aromatic N) is 1. The maximum atomic E-state index is 12.1. The summed E-state index contributed by atoms with van der Waals surface area (Å²) in [6, 6.07) is 5.19. The van der Waals surface area contributed by atoms with Crippen molar-refractivity contribution in [3.63, 3.8) is 0 Å². The lowest BCUT2D eigenvalue weighted by Gasteiger charge is -2.17. The number of fused-ring (bicyclic) bond motifs is 1. The highest BCUT2D eigenvalue weighted by molar-refractivity contribution is 5.98. The zero-order valence-corrected chi connectivity index (χ0v) is 10.4. The number of hydrogen-bond acceptors (Lipinski definition) is 5. The van der Waals surface area contributed by atoms with Crippen LogP contribution in [-0.2, 0) is 0 Å². The van der Waals surface area contributed by atoms with E-state index in [0.29, 0.717) is 30.2 Å². The molecular weight excluding hydrogens is 234 g/mol. The van der Waals surface area contributed by atoms with E-state index in [1.165, 1.54) is 0 Å². The molecule has 98 valence electrons. The first kappa shape index (κ1) is 12.9. The van der Waals surface area contributed by atoms with Gasteiger partial charge in [-0.15, -0.1) is 0 Å². The molecule has 2 rings (SSSR count). The minimum absolute atomic E-state index is 0.0172. The number of Topliss-reactive ketones (excluding diaryl/α,β-unsaturated/α-hetero) is 1. The van der Waals surface area contributed by atoms with Crippen LogP contribution in [0.15, 0.2) is 18.2 Å². The molecule has 1 aromatic carbocycles. The standard InChI is InChI=1S/C13H17NO4/c1-2-14(5-6-15)8-11(16)10-3-4-12-13(7-10)18-9-17-12/h3-4,7,15H,2,5-6,8-9H2,1H3. The Morgan fingerprint density at radius 2 is 2.17 bits per heavy atom. The summed E-state index contributed by atoms with van der Waals surface area (Å²) in [5, 5.41) is 8.89. The first-order valence-electron chi connectivity index (χ1n) is 6.00. The molecule has 0 aromatic heterocycles. The molecule has 0 radical (unpaired) electrons. The maximum absolute atomic E-state index is 12.1. The Labute approximate surface area is 106 Å². The second-order valence-corrected chi connectivity index (χ2v) is 4.08. The first-order valence-corrected chi connectivity index (χ1v) is 6.00. The lowest BCUT2D eigenvalue weighted by molar-refractivity contribution is 0.0919. The number of benzene rings is 1. The minimum Gasteiger partial charge on any atom is -0.454 e. The van der Waals surface area contributed by atoms with Crippen LogP contribution in [-0.4, -0.2) is 48.8 Å². The van der Waals surface area contributed by atoms with Crippen molar-refractivity contribution in [2.24, 2.45) is 0 Å². The number of ether oxygens (including phenoxy) is 2. The van der Waals surface area contributed by atoms with Gasteiger partial charge in [0.15, 0.2) is 17.3 Å². The Balaban J connectivity index is 2.04. The average Bonchev–Trinajstić information content (AvgIpc) is 2.85. The zero-order valence-electron chi connectivity index (χ0n) is 10.4. The van der Waals surface area contributed by atoms with Crippen molar-refractivity contribution in [1.29, 1.82) is 0 Å². The van der Waals surface area contributed by atoms with Crippen LogP contribution >= 0.6 is 0 Å². The van der Waals surface area contributed by atoms with Crippen molar-refractivity contribution in [2.45, 2.75) is 6.92 Å². The molecule has 0 saturated carbocycles. The van der Waals surface area contributed by atoms with Crippen LogP contribution in [0.3, 0.4) is 0 Å². The summed E-state index contributed by atoms with van der Waals surface area (Å²) >= 11 is 0.